The number of esters is 1. The van der Waals surface area contributed by atoms with Gasteiger partial charge < -0.3 is 15.0 Å². The van der Waals surface area contributed by atoms with Crippen molar-refractivity contribution in [2.45, 2.75) is 0 Å². The summed E-state index contributed by atoms with van der Waals surface area (Å²) in [6.45, 7) is -0.770. The molecule has 0 aliphatic heterocycles. The first-order valence-electron chi connectivity index (χ1n) is 7.49. The highest BCUT2D eigenvalue weighted by atomic mass is 19.1. The fourth-order valence-corrected chi connectivity index (χ4v) is 2.38. The number of para-hydroxylation sites is 2. The van der Waals surface area contributed by atoms with E-state index in [1.54, 1.807) is 24.3 Å². The second-order valence-electron chi connectivity index (χ2n) is 5.31. The SMILES string of the molecule is O=C(COC(=O)c1cc(=O)[nH]c2ccccc12)Nc1c(F)cccc1F. The first kappa shape index (κ1) is 17.3. The third-order valence-electron chi connectivity index (χ3n) is 3.53. The first-order chi connectivity index (χ1) is 12.5. The number of carbonyl (C=O) groups excluding carboxylic acids is 2. The smallest absolute Gasteiger partial charge is 0.339 e. The molecule has 2 aromatic carbocycles. The molecule has 0 saturated carbocycles. The Morgan fingerprint density at radius 3 is 2.46 bits per heavy atom. The summed E-state index contributed by atoms with van der Waals surface area (Å²) in [4.78, 5) is 38.2. The van der Waals surface area contributed by atoms with E-state index < -0.39 is 41.4 Å². The maximum atomic E-state index is 13.5. The number of aromatic amines is 1. The zero-order chi connectivity index (χ0) is 18.7. The van der Waals surface area contributed by atoms with Gasteiger partial charge in [-0.05, 0) is 18.2 Å². The summed E-state index contributed by atoms with van der Waals surface area (Å²) in [7, 11) is 0. The Labute approximate surface area is 145 Å². The van der Waals surface area contributed by atoms with E-state index in [2.05, 4.69) is 4.98 Å². The number of halogens is 2. The molecule has 1 amide bonds. The summed E-state index contributed by atoms with van der Waals surface area (Å²) in [6, 6.07) is 10.7. The quantitative estimate of drug-likeness (QED) is 0.702. The molecule has 3 rings (SSSR count). The van der Waals surface area contributed by atoms with Crippen LogP contribution >= 0.6 is 0 Å². The molecular weight excluding hydrogens is 346 g/mol. The molecule has 1 aromatic heterocycles. The summed E-state index contributed by atoms with van der Waals surface area (Å²) in [5.74, 6) is -3.73. The van der Waals surface area contributed by atoms with Gasteiger partial charge in [0.1, 0.15) is 17.3 Å². The standard InChI is InChI=1S/C18H12F2N2O4/c19-12-5-3-6-13(20)17(12)22-16(24)9-26-18(25)11-8-15(23)21-14-7-2-1-4-10(11)14/h1-8H,9H2,(H,21,23)(H,22,24). The van der Waals surface area contributed by atoms with Crippen molar-refractivity contribution in [2.24, 2.45) is 0 Å². The predicted molar refractivity (Wildman–Crippen MR) is 89.8 cm³/mol. The van der Waals surface area contributed by atoms with Gasteiger partial charge in [-0.3, -0.25) is 9.59 Å². The average molecular weight is 358 g/mol. The molecule has 26 heavy (non-hydrogen) atoms. The fourth-order valence-electron chi connectivity index (χ4n) is 2.38. The van der Waals surface area contributed by atoms with Crippen LogP contribution in [0.2, 0.25) is 0 Å². The molecule has 0 aliphatic carbocycles. The summed E-state index contributed by atoms with van der Waals surface area (Å²) in [5, 5.41) is 2.44. The second kappa shape index (κ2) is 7.14. The Kier molecular flexibility index (Phi) is 4.74. The molecule has 0 fully saturated rings. The van der Waals surface area contributed by atoms with Crippen molar-refractivity contribution in [1.82, 2.24) is 4.98 Å². The van der Waals surface area contributed by atoms with Crippen molar-refractivity contribution in [3.63, 3.8) is 0 Å². The lowest BCUT2D eigenvalue weighted by Gasteiger charge is -2.09. The fraction of sp³-hybridized carbons (Fsp3) is 0.0556. The van der Waals surface area contributed by atoms with Crippen molar-refractivity contribution in [2.75, 3.05) is 11.9 Å². The van der Waals surface area contributed by atoms with E-state index in [0.717, 1.165) is 24.3 Å². The highest BCUT2D eigenvalue weighted by molar-refractivity contribution is 6.04. The van der Waals surface area contributed by atoms with Crippen molar-refractivity contribution < 1.29 is 23.1 Å². The van der Waals surface area contributed by atoms with E-state index in [0.29, 0.717) is 10.9 Å². The minimum absolute atomic E-state index is 0.0192. The zero-order valence-corrected chi connectivity index (χ0v) is 13.2. The number of hydrogen-bond acceptors (Lipinski definition) is 4. The van der Waals surface area contributed by atoms with Crippen LogP contribution in [0.5, 0.6) is 0 Å². The Hall–Kier alpha value is -3.55. The Morgan fingerprint density at radius 2 is 1.73 bits per heavy atom. The maximum absolute atomic E-state index is 13.5. The zero-order valence-electron chi connectivity index (χ0n) is 13.2. The van der Waals surface area contributed by atoms with Crippen LogP contribution in [0.25, 0.3) is 10.9 Å². The van der Waals surface area contributed by atoms with Crippen molar-refractivity contribution in [3.8, 4) is 0 Å². The lowest BCUT2D eigenvalue weighted by molar-refractivity contribution is -0.119. The molecule has 0 spiro atoms. The van der Waals surface area contributed by atoms with Gasteiger partial charge in [0.25, 0.3) is 5.91 Å². The number of fused-ring (bicyclic) bond motifs is 1. The predicted octanol–water partition coefficient (Wildman–Crippen LogP) is 2.60. The minimum atomic E-state index is -0.953. The van der Waals surface area contributed by atoms with Crippen LogP contribution in [0.15, 0.2) is 53.3 Å². The number of nitrogens with one attached hydrogen (secondary N) is 2. The van der Waals surface area contributed by atoms with Crippen LogP contribution in [0.1, 0.15) is 10.4 Å². The van der Waals surface area contributed by atoms with E-state index in [1.165, 1.54) is 0 Å². The Balaban J connectivity index is 1.73. The molecule has 3 aromatic rings. The average Bonchev–Trinajstić information content (AvgIpc) is 2.62. The van der Waals surface area contributed by atoms with Crippen LogP contribution in [0, 0.1) is 11.6 Å². The number of benzene rings is 2. The van der Waals surface area contributed by atoms with Gasteiger partial charge in [0.2, 0.25) is 5.56 Å². The van der Waals surface area contributed by atoms with Gasteiger partial charge in [0.15, 0.2) is 6.61 Å². The molecule has 0 unspecified atom stereocenters. The number of amides is 1. The Bertz CT molecular complexity index is 1040. The first-order valence-corrected chi connectivity index (χ1v) is 7.49. The molecule has 2 N–H and O–H groups in total. The topological polar surface area (TPSA) is 88.3 Å². The molecular formula is C18H12F2N2O4. The highest BCUT2D eigenvalue weighted by Crippen LogP contribution is 2.18. The normalized spacial score (nSPS) is 10.5. The third kappa shape index (κ3) is 3.59. The summed E-state index contributed by atoms with van der Waals surface area (Å²) < 4.78 is 31.8. The van der Waals surface area contributed by atoms with Gasteiger partial charge in [-0.2, -0.15) is 0 Å². The molecule has 132 valence electrons. The number of anilines is 1. The number of ether oxygens (including phenoxy) is 1. The van der Waals surface area contributed by atoms with E-state index in [1.807, 2.05) is 5.32 Å². The van der Waals surface area contributed by atoms with E-state index in [9.17, 15) is 23.2 Å². The van der Waals surface area contributed by atoms with Gasteiger partial charge >= 0.3 is 5.97 Å². The number of pyridine rings is 1. The molecule has 0 aliphatic rings. The monoisotopic (exact) mass is 358 g/mol. The van der Waals surface area contributed by atoms with Crippen molar-refractivity contribution in [3.05, 3.63) is 76.1 Å². The highest BCUT2D eigenvalue weighted by Gasteiger charge is 2.16. The van der Waals surface area contributed by atoms with Gasteiger partial charge in [0, 0.05) is 17.0 Å². The van der Waals surface area contributed by atoms with Crippen LogP contribution in [-0.2, 0) is 9.53 Å². The molecule has 0 radical (unpaired) electrons. The van der Waals surface area contributed by atoms with Crippen LogP contribution in [0.3, 0.4) is 0 Å². The van der Waals surface area contributed by atoms with E-state index >= 15 is 0 Å². The number of hydrogen-bond donors (Lipinski definition) is 2. The molecule has 0 saturated heterocycles. The van der Waals surface area contributed by atoms with E-state index in [4.69, 9.17) is 4.74 Å². The van der Waals surface area contributed by atoms with Crippen molar-refractivity contribution >= 4 is 28.5 Å². The molecule has 0 bridgehead atoms. The summed E-state index contributed by atoms with van der Waals surface area (Å²) in [6.07, 6.45) is 0. The van der Waals surface area contributed by atoms with Crippen LogP contribution in [-0.4, -0.2) is 23.5 Å². The molecule has 8 heteroatoms. The number of carbonyl (C=O) groups is 2. The van der Waals surface area contributed by atoms with Crippen molar-refractivity contribution in [1.29, 1.82) is 0 Å². The second-order valence-corrected chi connectivity index (χ2v) is 5.31. The van der Waals surface area contributed by atoms with Gasteiger partial charge in [0.05, 0.1) is 5.56 Å². The molecule has 0 atom stereocenters. The van der Waals surface area contributed by atoms with Crippen LogP contribution in [0.4, 0.5) is 14.5 Å². The molecule has 1 heterocycles. The minimum Gasteiger partial charge on any atom is -0.452 e. The Morgan fingerprint density at radius 1 is 1.04 bits per heavy atom. The number of H-pyrrole nitrogens is 1. The molecule has 6 nitrogen and oxygen atoms in total. The summed E-state index contributed by atoms with van der Waals surface area (Å²) >= 11 is 0. The lowest BCUT2D eigenvalue weighted by Crippen LogP contribution is -2.23. The van der Waals surface area contributed by atoms with E-state index in [-0.39, 0.29) is 5.56 Å². The third-order valence-corrected chi connectivity index (χ3v) is 3.53. The van der Waals surface area contributed by atoms with Gasteiger partial charge in [-0.15, -0.1) is 0 Å². The largest absolute Gasteiger partial charge is 0.452 e. The maximum Gasteiger partial charge on any atom is 0.339 e. The lowest BCUT2D eigenvalue weighted by atomic mass is 10.1. The van der Waals surface area contributed by atoms with Crippen LogP contribution < -0.4 is 10.9 Å². The van der Waals surface area contributed by atoms with Gasteiger partial charge in [-0.25, -0.2) is 13.6 Å². The number of aromatic nitrogens is 1. The summed E-state index contributed by atoms with van der Waals surface area (Å²) in [5.41, 5.74) is -0.720. The number of rotatable bonds is 4. The van der Waals surface area contributed by atoms with Gasteiger partial charge in [-0.1, -0.05) is 24.3 Å².